The summed E-state index contributed by atoms with van der Waals surface area (Å²) in [6.07, 6.45) is 75.0. The maximum atomic E-state index is 13.6. The predicted octanol–water partition coefficient (Wildman–Crippen LogP) is 21.0. The van der Waals surface area contributed by atoms with Crippen LogP contribution in [-0.2, 0) is 27.9 Å². The number of carbonyl (C=O) groups is 2. The molecule has 1 amide bonds. The van der Waals surface area contributed by atoms with E-state index in [1.807, 2.05) is 33.3 Å². The molecule has 0 aromatic carbocycles. The molecule has 462 valence electrons. The summed E-state index contributed by atoms with van der Waals surface area (Å²) >= 11 is 0. The fourth-order valence-corrected chi connectivity index (χ4v) is 10.5. The number of quaternary nitrogens is 1. The molecular formula is C69H130N2O7P+. The van der Waals surface area contributed by atoms with Gasteiger partial charge >= 0.3 is 13.8 Å². The molecule has 0 aliphatic rings. The van der Waals surface area contributed by atoms with Crippen LogP contribution in [0, 0.1) is 0 Å². The Labute approximate surface area is 490 Å². The molecule has 0 saturated carbocycles. The van der Waals surface area contributed by atoms with Crippen LogP contribution < -0.4 is 5.32 Å². The number of carbonyl (C=O) groups excluding carboxylic acids is 2. The zero-order valence-electron chi connectivity index (χ0n) is 52.9. The van der Waals surface area contributed by atoms with Gasteiger partial charge < -0.3 is 19.4 Å². The van der Waals surface area contributed by atoms with Gasteiger partial charge in [-0.05, 0) is 76.7 Å². The number of nitrogens with zero attached hydrogens (tertiary/aromatic N) is 1. The van der Waals surface area contributed by atoms with Crippen LogP contribution in [-0.4, -0.2) is 74.3 Å². The normalized spacial score (nSPS) is 14.0. The highest BCUT2D eigenvalue weighted by Crippen LogP contribution is 2.43. The zero-order valence-corrected chi connectivity index (χ0v) is 53.8. The van der Waals surface area contributed by atoms with Crippen LogP contribution in [0.2, 0.25) is 0 Å². The second-order valence-electron chi connectivity index (χ2n) is 24.0. The fraction of sp³-hybridized carbons (Fsp3) is 0.826. The average Bonchev–Trinajstić information content (AvgIpc) is 3.41. The van der Waals surface area contributed by atoms with Gasteiger partial charge in [0.05, 0.1) is 33.8 Å². The van der Waals surface area contributed by atoms with E-state index in [0.29, 0.717) is 17.4 Å². The van der Waals surface area contributed by atoms with Crippen LogP contribution in [0.5, 0.6) is 0 Å². The molecular weight excluding hydrogens is 1000 g/mol. The molecule has 0 spiro atoms. The Morgan fingerprint density at radius 1 is 0.443 bits per heavy atom. The average molecular weight is 1130 g/mol. The Hall–Kier alpha value is -2.29. The second kappa shape index (κ2) is 58.9. The summed E-state index contributed by atoms with van der Waals surface area (Å²) in [4.78, 5) is 37.8. The van der Waals surface area contributed by atoms with Gasteiger partial charge in [0, 0.05) is 12.8 Å². The highest BCUT2D eigenvalue weighted by Gasteiger charge is 2.30. The van der Waals surface area contributed by atoms with Gasteiger partial charge in [-0.15, -0.1) is 0 Å². The second-order valence-corrected chi connectivity index (χ2v) is 25.5. The Balaban J connectivity index is 5.23. The molecule has 2 N–H and O–H groups in total. The van der Waals surface area contributed by atoms with Crippen molar-refractivity contribution < 1.29 is 37.3 Å². The minimum Gasteiger partial charge on any atom is -0.456 e. The summed E-state index contributed by atoms with van der Waals surface area (Å²) in [6, 6.07) is -0.856. The van der Waals surface area contributed by atoms with Crippen molar-refractivity contribution in [3.8, 4) is 0 Å². The lowest BCUT2D eigenvalue weighted by Gasteiger charge is -2.27. The number of nitrogens with one attached hydrogen (secondary N) is 1. The van der Waals surface area contributed by atoms with E-state index < -0.39 is 20.0 Å². The molecule has 3 unspecified atom stereocenters. The smallest absolute Gasteiger partial charge is 0.456 e. The number of amides is 1. The Morgan fingerprint density at radius 2 is 0.772 bits per heavy atom. The molecule has 0 saturated heterocycles. The Morgan fingerprint density at radius 3 is 1.18 bits per heavy atom. The number of hydrogen-bond donors (Lipinski definition) is 2. The number of allylic oxidation sites excluding steroid dienone is 9. The van der Waals surface area contributed by atoms with Crippen molar-refractivity contribution in [1.82, 2.24) is 5.32 Å². The van der Waals surface area contributed by atoms with Crippen molar-refractivity contribution in [1.29, 1.82) is 0 Å². The van der Waals surface area contributed by atoms with Crippen LogP contribution in [0.4, 0.5) is 0 Å². The zero-order chi connectivity index (χ0) is 57.9. The monoisotopic (exact) mass is 1130 g/mol. The van der Waals surface area contributed by atoms with Crippen LogP contribution in [0.1, 0.15) is 316 Å². The van der Waals surface area contributed by atoms with E-state index in [-0.39, 0.29) is 31.5 Å². The van der Waals surface area contributed by atoms with E-state index in [1.54, 1.807) is 0 Å². The van der Waals surface area contributed by atoms with Gasteiger partial charge in [0.25, 0.3) is 0 Å². The lowest BCUT2D eigenvalue weighted by atomic mass is 10.0. The molecule has 0 aromatic heterocycles. The maximum absolute atomic E-state index is 13.6. The number of phosphoric ester groups is 1. The molecule has 79 heavy (non-hydrogen) atoms. The first-order chi connectivity index (χ1) is 38.4. The highest BCUT2D eigenvalue weighted by atomic mass is 31.2. The van der Waals surface area contributed by atoms with Crippen LogP contribution >= 0.6 is 7.82 Å². The first-order valence-electron chi connectivity index (χ1n) is 33.6. The van der Waals surface area contributed by atoms with Crippen LogP contribution in [0.25, 0.3) is 0 Å². The minimum atomic E-state index is -4.46. The first kappa shape index (κ1) is 76.7. The lowest BCUT2D eigenvalue weighted by Crippen LogP contribution is -2.47. The molecule has 0 radical (unpaired) electrons. The summed E-state index contributed by atoms with van der Waals surface area (Å²) in [7, 11) is 1.49. The van der Waals surface area contributed by atoms with Crippen molar-refractivity contribution >= 4 is 19.7 Å². The first-order valence-corrected chi connectivity index (χ1v) is 35.1. The van der Waals surface area contributed by atoms with E-state index >= 15 is 0 Å². The molecule has 0 bridgehead atoms. The highest BCUT2D eigenvalue weighted by molar-refractivity contribution is 7.47. The van der Waals surface area contributed by atoms with Gasteiger partial charge in [0.15, 0.2) is 0 Å². The van der Waals surface area contributed by atoms with Crippen LogP contribution in [0.15, 0.2) is 60.8 Å². The van der Waals surface area contributed by atoms with E-state index in [0.717, 1.165) is 96.3 Å². The molecule has 0 heterocycles. The summed E-state index contributed by atoms with van der Waals surface area (Å²) < 4.78 is 30.8. The minimum absolute atomic E-state index is 0.0372. The van der Waals surface area contributed by atoms with Crippen molar-refractivity contribution in [3.63, 3.8) is 0 Å². The molecule has 0 aliphatic heterocycles. The number of phosphoric acid groups is 1. The third-order valence-corrected chi connectivity index (χ3v) is 15.9. The largest absolute Gasteiger partial charge is 0.472 e. The fourth-order valence-electron chi connectivity index (χ4n) is 9.75. The van der Waals surface area contributed by atoms with Crippen molar-refractivity contribution in [3.05, 3.63) is 60.8 Å². The topological polar surface area (TPSA) is 111 Å². The van der Waals surface area contributed by atoms with Gasteiger partial charge in [0.2, 0.25) is 5.91 Å². The molecule has 0 aromatic rings. The third-order valence-electron chi connectivity index (χ3n) is 15.0. The molecule has 9 nitrogen and oxygen atoms in total. The summed E-state index contributed by atoms with van der Waals surface area (Å²) in [6.45, 7) is 7.01. The number of rotatable bonds is 61. The number of esters is 1. The van der Waals surface area contributed by atoms with Gasteiger partial charge in [-0.1, -0.05) is 287 Å². The predicted molar refractivity (Wildman–Crippen MR) is 342 cm³/mol. The quantitative estimate of drug-likeness (QED) is 0.0205. The molecule has 0 rings (SSSR count). The number of ether oxygens (including phenoxy) is 1. The van der Waals surface area contributed by atoms with E-state index in [4.69, 9.17) is 13.8 Å². The van der Waals surface area contributed by atoms with Crippen molar-refractivity contribution in [2.24, 2.45) is 0 Å². The van der Waals surface area contributed by atoms with E-state index in [1.165, 1.54) is 186 Å². The molecule has 3 atom stereocenters. The third kappa shape index (κ3) is 60.1. The van der Waals surface area contributed by atoms with Crippen LogP contribution in [0.3, 0.4) is 0 Å². The maximum Gasteiger partial charge on any atom is 0.472 e. The SMILES string of the molecule is CCCCC/C=C\C/C=C\C/C=C\C/C=C\CCCCCCCC(=O)OC(/C=C/CCCCCCCCCCCCC)C(COP(=O)(O)OCC[N+](C)(C)C)NC(=O)CCCCCCCCCCCCCCCCCCCCC. The molecule has 0 aliphatic carbocycles. The number of unbranched alkanes of at least 4 members (excludes halogenated alkanes) is 37. The van der Waals surface area contributed by atoms with E-state index in [9.17, 15) is 19.0 Å². The lowest BCUT2D eigenvalue weighted by molar-refractivity contribution is -0.870. The van der Waals surface area contributed by atoms with Gasteiger partial charge in [-0.2, -0.15) is 0 Å². The van der Waals surface area contributed by atoms with E-state index in [2.05, 4.69) is 74.7 Å². The van der Waals surface area contributed by atoms with Gasteiger partial charge in [0.1, 0.15) is 19.3 Å². The van der Waals surface area contributed by atoms with Gasteiger partial charge in [-0.3, -0.25) is 18.6 Å². The standard InChI is InChI=1S/C69H129N2O7P/c1-7-10-13-16-19-22-25-28-30-32-34-35-37-39-41-44-47-50-53-56-59-62-69(73)78-67(60-57-54-51-48-45-42-27-24-21-18-15-12-9-3)66(65-77-79(74,75)76-64-63-71(4,5)6)70-68(72)61-58-55-52-49-46-43-40-38-36-33-31-29-26-23-20-17-14-11-8-2/h19,22,28,30,34-35,39,41,57,60,66-67H,7-18,20-21,23-27,29,31-33,36-38,40,42-56,58-59,61-65H2,1-6H3,(H-,70,72,74,75)/p+1/b22-19-,30-28-,35-34-,41-39-,60-57+. The molecule has 10 heteroatoms. The Kier molecular flexibility index (Phi) is 57.2. The number of hydrogen-bond acceptors (Lipinski definition) is 6. The summed E-state index contributed by atoms with van der Waals surface area (Å²) in [5, 5.41) is 3.07. The summed E-state index contributed by atoms with van der Waals surface area (Å²) in [5.41, 5.74) is 0. The van der Waals surface area contributed by atoms with Crippen molar-refractivity contribution in [2.45, 2.75) is 328 Å². The van der Waals surface area contributed by atoms with Crippen molar-refractivity contribution in [2.75, 3.05) is 40.9 Å². The Bertz CT molecular complexity index is 1540. The molecule has 0 fully saturated rings. The number of likely N-dealkylation sites (N-methyl/N-ethyl adjacent to an activating group) is 1. The summed E-state index contributed by atoms with van der Waals surface area (Å²) in [5.74, 6) is -0.514. The van der Waals surface area contributed by atoms with Gasteiger partial charge in [-0.25, -0.2) is 4.57 Å².